The minimum Gasteiger partial charge on any atom is -0.482 e. The summed E-state index contributed by atoms with van der Waals surface area (Å²) >= 11 is 0. The van der Waals surface area contributed by atoms with Crippen molar-refractivity contribution >= 4 is 0 Å². The SMILES string of the molecule is O=c1ccoc(C(O)c2ccccn2)c1OCc1ccccc1. The fourth-order valence-corrected chi connectivity index (χ4v) is 2.15. The fraction of sp³-hybridized carbons (Fsp3) is 0.111. The molecule has 0 aliphatic carbocycles. The molecular weight excluding hydrogens is 294 g/mol. The third-order valence-corrected chi connectivity index (χ3v) is 3.30. The summed E-state index contributed by atoms with van der Waals surface area (Å²) in [6.07, 6.45) is 1.62. The van der Waals surface area contributed by atoms with Crippen LogP contribution >= 0.6 is 0 Å². The summed E-state index contributed by atoms with van der Waals surface area (Å²) < 4.78 is 10.9. The zero-order chi connectivity index (χ0) is 16.1. The molecule has 0 saturated heterocycles. The largest absolute Gasteiger partial charge is 0.482 e. The van der Waals surface area contributed by atoms with Crippen LogP contribution in [0.2, 0.25) is 0 Å². The summed E-state index contributed by atoms with van der Waals surface area (Å²) in [4.78, 5) is 16.2. The Labute approximate surface area is 132 Å². The van der Waals surface area contributed by atoms with Gasteiger partial charge in [-0.2, -0.15) is 0 Å². The highest BCUT2D eigenvalue weighted by atomic mass is 16.5. The molecule has 3 rings (SSSR count). The van der Waals surface area contributed by atoms with Gasteiger partial charge in [0.05, 0.1) is 12.0 Å². The number of nitrogens with zero attached hydrogens (tertiary/aromatic N) is 1. The monoisotopic (exact) mass is 309 g/mol. The number of rotatable bonds is 5. The van der Waals surface area contributed by atoms with Crippen LogP contribution in [-0.4, -0.2) is 10.1 Å². The number of aromatic nitrogens is 1. The summed E-state index contributed by atoms with van der Waals surface area (Å²) in [6.45, 7) is 0.206. The summed E-state index contributed by atoms with van der Waals surface area (Å²) in [5.41, 5.74) is 0.942. The van der Waals surface area contributed by atoms with Gasteiger partial charge in [-0.1, -0.05) is 36.4 Å². The van der Waals surface area contributed by atoms with E-state index < -0.39 is 6.10 Å². The van der Waals surface area contributed by atoms with Gasteiger partial charge in [0.1, 0.15) is 6.61 Å². The van der Waals surface area contributed by atoms with Crippen molar-refractivity contribution in [3.8, 4) is 5.75 Å². The van der Waals surface area contributed by atoms with Crippen LogP contribution in [0.15, 0.2) is 76.3 Å². The van der Waals surface area contributed by atoms with Crippen LogP contribution in [0, 0.1) is 0 Å². The lowest BCUT2D eigenvalue weighted by Crippen LogP contribution is -2.13. The first kappa shape index (κ1) is 15.0. The van der Waals surface area contributed by atoms with Gasteiger partial charge in [-0.25, -0.2) is 0 Å². The zero-order valence-corrected chi connectivity index (χ0v) is 12.3. The third kappa shape index (κ3) is 3.46. The minimum atomic E-state index is -1.17. The lowest BCUT2D eigenvalue weighted by molar-refractivity contribution is 0.168. The highest BCUT2D eigenvalue weighted by Gasteiger charge is 2.22. The van der Waals surface area contributed by atoms with E-state index in [1.54, 1.807) is 24.4 Å². The molecule has 1 aromatic carbocycles. The number of pyridine rings is 1. The van der Waals surface area contributed by atoms with Gasteiger partial charge in [-0.15, -0.1) is 0 Å². The van der Waals surface area contributed by atoms with Crippen LogP contribution in [0.5, 0.6) is 5.75 Å². The van der Waals surface area contributed by atoms with Crippen LogP contribution in [0.3, 0.4) is 0 Å². The van der Waals surface area contributed by atoms with Crippen molar-refractivity contribution < 1.29 is 14.3 Å². The van der Waals surface area contributed by atoms with E-state index in [9.17, 15) is 9.90 Å². The normalized spacial score (nSPS) is 11.9. The summed E-state index contributed by atoms with van der Waals surface area (Å²) in [5, 5.41) is 10.4. The lowest BCUT2D eigenvalue weighted by atomic mass is 10.1. The van der Waals surface area contributed by atoms with E-state index in [0.717, 1.165) is 5.56 Å². The van der Waals surface area contributed by atoms with Crippen molar-refractivity contribution in [1.29, 1.82) is 0 Å². The average molecular weight is 309 g/mol. The first-order chi connectivity index (χ1) is 11.3. The number of aliphatic hydroxyl groups is 1. The van der Waals surface area contributed by atoms with Crippen LogP contribution in [-0.2, 0) is 6.61 Å². The van der Waals surface area contributed by atoms with Crippen LogP contribution in [0.25, 0.3) is 0 Å². The number of aliphatic hydroxyl groups excluding tert-OH is 1. The topological polar surface area (TPSA) is 72.6 Å². The molecule has 5 nitrogen and oxygen atoms in total. The van der Waals surface area contributed by atoms with Gasteiger partial charge in [0, 0.05) is 12.3 Å². The summed E-state index contributed by atoms with van der Waals surface area (Å²) in [6, 6.07) is 15.8. The Kier molecular flexibility index (Phi) is 4.49. The Morgan fingerprint density at radius 1 is 1.09 bits per heavy atom. The van der Waals surface area contributed by atoms with E-state index in [-0.39, 0.29) is 23.5 Å². The highest BCUT2D eigenvalue weighted by Crippen LogP contribution is 2.26. The van der Waals surface area contributed by atoms with E-state index in [0.29, 0.717) is 5.69 Å². The maximum absolute atomic E-state index is 12.1. The number of ether oxygens (including phenoxy) is 1. The van der Waals surface area contributed by atoms with E-state index in [2.05, 4.69) is 4.98 Å². The average Bonchev–Trinajstić information content (AvgIpc) is 2.61. The van der Waals surface area contributed by atoms with E-state index in [1.165, 1.54) is 12.3 Å². The molecule has 0 radical (unpaired) electrons. The predicted molar refractivity (Wildman–Crippen MR) is 84.1 cm³/mol. The van der Waals surface area contributed by atoms with Gasteiger partial charge < -0.3 is 14.3 Å². The smallest absolute Gasteiger partial charge is 0.227 e. The van der Waals surface area contributed by atoms with Gasteiger partial charge in [0.25, 0.3) is 0 Å². The molecule has 2 heterocycles. The van der Waals surface area contributed by atoms with Crippen LogP contribution < -0.4 is 10.2 Å². The molecule has 1 N–H and O–H groups in total. The Balaban J connectivity index is 1.89. The Morgan fingerprint density at radius 2 is 1.87 bits per heavy atom. The van der Waals surface area contributed by atoms with Crippen molar-refractivity contribution in [2.75, 3.05) is 0 Å². The van der Waals surface area contributed by atoms with Crippen molar-refractivity contribution in [2.24, 2.45) is 0 Å². The molecule has 0 aliphatic rings. The second-order valence-electron chi connectivity index (χ2n) is 4.91. The van der Waals surface area contributed by atoms with E-state index in [4.69, 9.17) is 9.15 Å². The number of hydrogen-bond acceptors (Lipinski definition) is 5. The fourth-order valence-electron chi connectivity index (χ4n) is 2.15. The van der Waals surface area contributed by atoms with Crippen LogP contribution in [0.1, 0.15) is 23.1 Å². The lowest BCUT2D eigenvalue weighted by Gasteiger charge is -2.13. The second kappa shape index (κ2) is 6.89. The maximum Gasteiger partial charge on any atom is 0.227 e. The second-order valence-corrected chi connectivity index (χ2v) is 4.91. The molecule has 2 aromatic heterocycles. The van der Waals surface area contributed by atoms with Crippen molar-refractivity contribution in [1.82, 2.24) is 4.98 Å². The predicted octanol–water partition coefficient (Wildman–Crippen LogP) is 2.70. The molecule has 0 bridgehead atoms. The molecule has 3 aromatic rings. The highest BCUT2D eigenvalue weighted by molar-refractivity contribution is 5.31. The summed E-state index contributed by atoms with van der Waals surface area (Å²) in [7, 11) is 0. The van der Waals surface area contributed by atoms with E-state index in [1.807, 2.05) is 30.3 Å². The first-order valence-corrected chi connectivity index (χ1v) is 7.13. The molecular formula is C18H15NO4. The molecule has 0 amide bonds. The van der Waals surface area contributed by atoms with Gasteiger partial charge in [-0.3, -0.25) is 9.78 Å². The third-order valence-electron chi connectivity index (χ3n) is 3.30. The summed E-state index contributed by atoms with van der Waals surface area (Å²) in [5.74, 6) is 0.0432. The van der Waals surface area contributed by atoms with Crippen molar-refractivity contribution in [3.63, 3.8) is 0 Å². The quantitative estimate of drug-likeness (QED) is 0.784. The van der Waals surface area contributed by atoms with Crippen molar-refractivity contribution in [2.45, 2.75) is 12.7 Å². The van der Waals surface area contributed by atoms with Gasteiger partial charge in [0.2, 0.25) is 11.2 Å². The number of benzene rings is 1. The molecule has 116 valence electrons. The first-order valence-electron chi connectivity index (χ1n) is 7.13. The molecule has 0 saturated carbocycles. The molecule has 0 aliphatic heterocycles. The Hall–Kier alpha value is -2.92. The Morgan fingerprint density at radius 3 is 2.61 bits per heavy atom. The minimum absolute atomic E-state index is 0.00509. The number of hydrogen-bond donors (Lipinski definition) is 1. The molecule has 0 spiro atoms. The van der Waals surface area contributed by atoms with E-state index >= 15 is 0 Å². The molecule has 0 fully saturated rings. The van der Waals surface area contributed by atoms with Gasteiger partial charge in [0.15, 0.2) is 11.9 Å². The van der Waals surface area contributed by atoms with Crippen molar-refractivity contribution in [3.05, 3.63) is 94.3 Å². The molecule has 1 atom stereocenters. The van der Waals surface area contributed by atoms with Gasteiger partial charge >= 0.3 is 0 Å². The molecule has 23 heavy (non-hydrogen) atoms. The Bertz CT molecular complexity index is 815. The van der Waals surface area contributed by atoms with Gasteiger partial charge in [-0.05, 0) is 17.7 Å². The standard InChI is InChI=1S/C18H15NO4/c20-15-9-11-22-18(16(21)14-8-4-5-10-19-14)17(15)23-12-13-6-2-1-3-7-13/h1-11,16,21H,12H2. The molecule has 5 heteroatoms. The van der Waals surface area contributed by atoms with Crippen LogP contribution in [0.4, 0.5) is 0 Å². The maximum atomic E-state index is 12.1. The zero-order valence-electron chi connectivity index (χ0n) is 12.3. The molecule has 1 unspecified atom stereocenters.